The predicted molar refractivity (Wildman–Crippen MR) is 40.2 cm³/mol. The van der Waals surface area contributed by atoms with E-state index in [0.29, 0.717) is 11.3 Å². The average Bonchev–Trinajstić information content (AvgIpc) is 2.31. The zero-order valence-electron chi connectivity index (χ0n) is 5.71. The van der Waals surface area contributed by atoms with Crippen LogP contribution in [-0.2, 0) is 11.2 Å². The van der Waals surface area contributed by atoms with E-state index in [1.54, 1.807) is 5.38 Å². The Morgan fingerprint density at radius 2 is 2.45 bits per heavy atom. The second-order valence-electron chi connectivity index (χ2n) is 2.09. The lowest BCUT2D eigenvalue weighted by atomic mass is 10.2. The van der Waals surface area contributed by atoms with Gasteiger partial charge in [-0.3, -0.25) is 4.79 Å². The lowest BCUT2D eigenvalue weighted by Crippen LogP contribution is -1.96. The Hall–Kier alpha value is -0.900. The van der Waals surface area contributed by atoms with E-state index >= 15 is 0 Å². The first-order chi connectivity index (χ1) is 5.20. The minimum absolute atomic E-state index is 0.00255. The van der Waals surface area contributed by atoms with Gasteiger partial charge in [0, 0.05) is 4.88 Å². The number of thiophene rings is 1. The zero-order chi connectivity index (χ0) is 8.27. The van der Waals surface area contributed by atoms with E-state index in [1.807, 2.05) is 0 Å². The predicted octanol–water partition coefficient (Wildman–Crippen LogP) is 1.90. The Kier molecular flexibility index (Phi) is 2.59. The van der Waals surface area contributed by atoms with Crippen LogP contribution in [0.2, 0.25) is 0 Å². The van der Waals surface area contributed by atoms with Gasteiger partial charge in [-0.25, -0.2) is 4.39 Å². The monoisotopic (exact) mass is 174 g/mol. The first-order valence-electron chi connectivity index (χ1n) is 3.14. The Bertz CT molecular complexity index is 257. The summed E-state index contributed by atoms with van der Waals surface area (Å²) < 4.78 is 12.6. The van der Waals surface area contributed by atoms with Gasteiger partial charge in [-0.1, -0.05) is 0 Å². The van der Waals surface area contributed by atoms with E-state index in [0.717, 1.165) is 0 Å². The number of aliphatic carboxylic acids is 1. The highest BCUT2D eigenvalue weighted by atomic mass is 32.1. The average molecular weight is 174 g/mol. The van der Waals surface area contributed by atoms with Gasteiger partial charge in [0.05, 0.1) is 6.42 Å². The van der Waals surface area contributed by atoms with Crippen LogP contribution in [0.5, 0.6) is 0 Å². The summed E-state index contributed by atoms with van der Waals surface area (Å²) in [6.45, 7) is 0. The van der Waals surface area contributed by atoms with E-state index in [9.17, 15) is 9.18 Å². The molecule has 0 saturated heterocycles. The lowest BCUT2D eigenvalue weighted by Gasteiger charge is -1.91. The molecule has 1 aromatic heterocycles. The highest BCUT2D eigenvalue weighted by Gasteiger charge is 2.04. The standard InChI is InChI=1S/C7H7FO2S/c8-5-3-4-11-6(5)1-2-7(9)10/h3-4H,1-2H2,(H,9,10). The second-order valence-corrected chi connectivity index (χ2v) is 3.09. The molecular formula is C7H7FO2S. The summed E-state index contributed by atoms with van der Waals surface area (Å²) in [5.41, 5.74) is 0. The molecule has 60 valence electrons. The highest BCUT2D eigenvalue weighted by molar-refractivity contribution is 7.09. The lowest BCUT2D eigenvalue weighted by molar-refractivity contribution is -0.136. The smallest absolute Gasteiger partial charge is 0.303 e. The van der Waals surface area contributed by atoms with Crippen LogP contribution in [0.4, 0.5) is 4.39 Å². The summed E-state index contributed by atoms with van der Waals surface area (Å²) in [6, 6.07) is 1.35. The van der Waals surface area contributed by atoms with Gasteiger partial charge in [-0.2, -0.15) is 0 Å². The molecule has 0 atom stereocenters. The fraction of sp³-hybridized carbons (Fsp3) is 0.286. The number of carboxylic acid groups (broad SMARTS) is 1. The molecule has 0 aliphatic carbocycles. The number of aryl methyl sites for hydroxylation is 1. The molecule has 0 unspecified atom stereocenters. The maximum atomic E-state index is 12.6. The molecule has 0 aliphatic heterocycles. The molecule has 4 heteroatoms. The van der Waals surface area contributed by atoms with Crippen molar-refractivity contribution in [1.29, 1.82) is 0 Å². The van der Waals surface area contributed by atoms with Gasteiger partial charge in [-0.05, 0) is 17.9 Å². The number of halogens is 1. The Labute approximate surface area is 67.3 Å². The molecule has 0 aliphatic rings. The number of carbonyl (C=O) groups is 1. The number of carboxylic acids is 1. The van der Waals surface area contributed by atoms with Crippen molar-refractivity contribution in [2.75, 3.05) is 0 Å². The molecular weight excluding hydrogens is 167 g/mol. The molecule has 0 bridgehead atoms. The summed E-state index contributed by atoms with van der Waals surface area (Å²) in [5.74, 6) is -1.19. The molecule has 0 radical (unpaired) electrons. The third-order valence-electron chi connectivity index (χ3n) is 1.26. The van der Waals surface area contributed by atoms with Gasteiger partial charge in [0.1, 0.15) is 5.82 Å². The van der Waals surface area contributed by atoms with Crippen LogP contribution in [0.25, 0.3) is 0 Å². The van der Waals surface area contributed by atoms with Crippen LogP contribution in [0.1, 0.15) is 11.3 Å². The van der Waals surface area contributed by atoms with Crippen molar-refractivity contribution in [2.24, 2.45) is 0 Å². The van der Waals surface area contributed by atoms with Gasteiger partial charge >= 0.3 is 5.97 Å². The molecule has 0 spiro atoms. The third-order valence-corrected chi connectivity index (χ3v) is 2.21. The van der Waals surface area contributed by atoms with E-state index in [4.69, 9.17) is 5.11 Å². The van der Waals surface area contributed by atoms with Crippen LogP contribution >= 0.6 is 11.3 Å². The number of hydrogen-bond acceptors (Lipinski definition) is 2. The minimum Gasteiger partial charge on any atom is -0.481 e. The van der Waals surface area contributed by atoms with E-state index in [2.05, 4.69) is 0 Å². The van der Waals surface area contributed by atoms with Crippen LogP contribution in [0.15, 0.2) is 11.4 Å². The molecule has 2 nitrogen and oxygen atoms in total. The molecule has 11 heavy (non-hydrogen) atoms. The van der Waals surface area contributed by atoms with Crippen molar-refractivity contribution < 1.29 is 14.3 Å². The minimum atomic E-state index is -0.891. The van der Waals surface area contributed by atoms with E-state index in [1.165, 1.54) is 17.4 Å². The van der Waals surface area contributed by atoms with E-state index in [-0.39, 0.29) is 12.2 Å². The second kappa shape index (κ2) is 3.48. The quantitative estimate of drug-likeness (QED) is 0.759. The molecule has 1 heterocycles. The van der Waals surface area contributed by atoms with Gasteiger partial charge < -0.3 is 5.11 Å². The third kappa shape index (κ3) is 2.31. The van der Waals surface area contributed by atoms with Crippen LogP contribution in [0.3, 0.4) is 0 Å². The maximum Gasteiger partial charge on any atom is 0.303 e. The molecule has 0 saturated carbocycles. The summed E-state index contributed by atoms with van der Waals surface area (Å²) >= 11 is 1.25. The summed E-state index contributed by atoms with van der Waals surface area (Å²) in [7, 11) is 0. The van der Waals surface area contributed by atoms with Crippen molar-refractivity contribution in [2.45, 2.75) is 12.8 Å². The van der Waals surface area contributed by atoms with Crippen LogP contribution in [0, 0.1) is 5.82 Å². The van der Waals surface area contributed by atoms with Crippen molar-refractivity contribution >= 4 is 17.3 Å². The van der Waals surface area contributed by atoms with Crippen molar-refractivity contribution in [3.8, 4) is 0 Å². The van der Waals surface area contributed by atoms with E-state index < -0.39 is 5.97 Å². The van der Waals surface area contributed by atoms with Crippen molar-refractivity contribution in [3.05, 3.63) is 22.1 Å². The first kappa shape index (κ1) is 8.20. The zero-order valence-corrected chi connectivity index (χ0v) is 6.53. The SMILES string of the molecule is O=C(O)CCc1sccc1F. The van der Waals surface area contributed by atoms with Crippen molar-refractivity contribution in [3.63, 3.8) is 0 Å². The Morgan fingerprint density at radius 1 is 1.73 bits per heavy atom. The van der Waals surface area contributed by atoms with Gasteiger partial charge in [0.2, 0.25) is 0 Å². The summed E-state index contributed by atoms with van der Waals surface area (Å²) in [5, 5.41) is 9.90. The largest absolute Gasteiger partial charge is 0.481 e. The fourth-order valence-corrected chi connectivity index (χ4v) is 1.48. The number of hydrogen-bond donors (Lipinski definition) is 1. The highest BCUT2D eigenvalue weighted by Crippen LogP contribution is 2.16. The van der Waals surface area contributed by atoms with Crippen LogP contribution < -0.4 is 0 Å². The topological polar surface area (TPSA) is 37.3 Å². The molecule has 1 aromatic rings. The summed E-state index contributed by atoms with van der Waals surface area (Å²) in [4.78, 5) is 10.6. The fourth-order valence-electron chi connectivity index (χ4n) is 0.724. The van der Waals surface area contributed by atoms with Gasteiger partial charge in [0.15, 0.2) is 0 Å². The normalized spacial score (nSPS) is 9.91. The molecule has 0 fully saturated rings. The van der Waals surface area contributed by atoms with Gasteiger partial charge in [-0.15, -0.1) is 11.3 Å². The first-order valence-corrected chi connectivity index (χ1v) is 4.02. The van der Waals surface area contributed by atoms with Crippen LogP contribution in [-0.4, -0.2) is 11.1 Å². The van der Waals surface area contributed by atoms with Gasteiger partial charge in [0.25, 0.3) is 0 Å². The number of rotatable bonds is 3. The van der Waals surface area contributed by atoms with Crippen molar-refractivity contribution in [1.82, 2.24) is 0 Å². The Morgan fingerprint density at radius 3 is 2.91 bits per heavy atom. The molecule has 0 amide bonds. The molecule has 1 rings (SSSR count). The maximum absolute atomic E-state index is 12.6. The molecule has 1 N–H and O–H groups in total. The molecule has 0 aromatic carbocycles. The Balaban J connectivity index is 2.51. The summed E-state index contributed by atoms with van der Waals surface area (Å²) in [6.07, 6.45) is 0.288.